The van der Waals surface area contributed by atoms with Gasteiger partial charge in [-0.3, -0.25) is 9.78 Å². The number of pyridine rings is 2. The number of carbonyl (C=O) groups is 2. The Kier molecular flexibility index (Phi) is 6.26. The van der Waals surface area contributed by atoms with E-state index in [-0.39, 0.29) is 18.6 Å². The van der Waals surface area contributed by atoms with Crippen molar-refractivity contribution in [3.8, 4) is 11.3 Å². The number of para-hydroxylation sites is 1. The molecule has 3 aromatic rings. The number of hydrogen-bond acceptors (Lipinski definition) is 5. The largest absolute Gasteiger partial charge is 0.452 e. The Morgan fingerprint density at radius 3 is 2.77 bits per heavy atom. The number of ether oxygens (including phenoxy) is 1. The van der Waals surface area contributed by atoms with Crippen LogP contribution in [0.1, 0.15) is 43.5 Å². The summed E-state index contributed by atoms with van der Waals surface area (Å²) in [7, 11) is 0. The summed E-state index contributed by atoms with van der Waals surface area (Å²) in [5, 5.41) is 3.73. The third-order valence-electron chi connectivity index (χ3n) is 6.28. The molecule has 1 aliphatic rings. The van der Waals surface area contributed by atoms with Crippen LogP contribution in [0.2, 0.25) is 0 Å². The smallest absolute Gasteiger partial charge is 0.339 e. The Balaban J connectivity index is 1.50. The molecule has 6 nitrogen and oxygen atoms in total. The summed E-state index contributed by atoms with van der Waals surface area (Å²) in [6.45, 7) is 4.09. The van der Waals surface area contributed by atoms with E-state index in [1.165, 1.54) is 6.42 Å². The summed E-state index contributed by atoms with van der Waals surface area (Å²) in [5.41, 5.74) is 2.51. The lowest BCUT2D eigenvalue weighted by Gasteiger charge is -2.34. The number of fused-ring (bicyclic) bond motifs is 1. The van der Waals surface area contributed by atoms with Crippen molar-refractivity contribution in [1.29, 1.82) is 0 Å². The van der Waals surface area contributed by atoms with Crippen LogP contribution in [0, 0.1) is 11.8 Å². The molecule has 1 N–H and O–H groups in total. The maximum absolute atomic E-state index is 12.9. The molecule has 1 amide bonds. The van der Waals surface area contributed by atoms with Crippen LogP contribution in [0.25, 0.3) is 22.2 Å². The van der Waals surface area contributed by atoms with Gasteiger partial charge in [0.25, 0.3) is 5.91 Å². The first-order chi connectivity index (χ1) is 15.0. The zero-order valence-corrected chi connectivity index (χ0v) is 17.9. The molecule has 1 saturated carbocycles. The van der Waals surface area contributed by atoms with Crippen molar-refractivity contribution in [3.63, 3.8) is 0 Å². The SMILES string of the molecule is CC1CCCC(NC(=O)COC(=O)c2cc(-c3cccnc3)nc3ccccc23)C1C. The van der Waals surface area contributed by atoms with Gasteiger partial charge >= 0.3 is 5.97 Å². The van der Waals surface area contributed by atoms with Crippen molar-refractivity contribution in [1.82, 2.24) is 15.3 Å². The lowest BCUT2D eigenvalue weighted by molar-refractivity contribution is -0.125. The fraction of sp³-hybridized carbons (Fsp3) is 0.360. The number of esters is 1. The summed E-state index contributed by atoms with van der Waals surface area (Å²) in [6, 6.07) is 12.9. The van der Waals surface area contributed by atoms with Crippen molar-refractivity contribution in [2.24, 2.45) is 11.8 Å². The fourth-order valence-corrected chi connectivity index (χ4v) is 4.25. The minimum atomic E-state index is -0.538. The monoisotopic (exact) mass is 417 g/mol. The molecule has 31 heavy (non-hydrogen) atoms. The Hall–Kier alpha value is -3.28. The van der Waals surface area contributed by atoms with Gasteiger partial charge in [-0.2, -0.15) is 0 Å². The first-order valence-corrected chi connectivity index (χ1v) is 10.8. The second kappa shape index (κ2) is 9.25. The van der Waals surface area contributed by atoms with Crippen molar-refractivity contribution in [2.75, 3.05) is 6.61 Å². The summed E-state index contributed by atoms with van der Waals surface area (Å²) in [5.74, 6) is 0.198. The molecule has 2 aromatic heterocycles. The normalized spacial score (nSPS) is 20.9. The zero-order chi connectivity index (χ0) is 21.8. The summed E-state index contributed by atoms with van der Waals surface area (Å²) < 4.78 is 5.40. The number of nitrogens with zero attached hydrogens (tertiary/aromatic N) is 2. The van der Waals surface area contributed by atoms with Gasteiger partial charge in [-0.25, -0.2) is 9.78 Å². The highest BCUT2D eigenvalue weighted by molar-refractivity contribution is 6.05. The van der Waals surface area contributed by atoms with E-state index >= 15 is 0 Å². The van der Waals surface area contributed by atoms with Crippen LogP contribution in [0.3, 0.4) is 0 Å². The number of nitrogens with one attached hydrogen (secondary N) is 1. The Morgan fingerprint density at radius 2 is 1.97 bits per heavy atom. The number of benzene rings is 1. The second-order valence-electron chi connectivity index (χ2n) is 8.33. The number of carbonyl (C=O) groups excluding carboxylic acids is 2. The molecule has 3 atom stereocenters. The maximum Gasteiger partial charge on any atom is 0.339 e. The standard InChI is InChI=1S/C25H27N3O3/c1-16-7-5-11-21(17(16)2)28-24(29)15-31-25(30)20-13-23(18-8-6-12-26-14-18)27-22-10-4-3-9-19(20)22/h3-4,6,8-10,12-14,16-17,21H,5,7,11,15H2,1-2H3,(H,28,29). The fourth-order valence-electron chi connectivity index (χ4n) is 4.25. The van der Waals surface area contributed by atoms with Crippen molar-refractivity contribution in [3.05, 3.63) is 60.4 Å². The van der Waals surface area contributed by atoms with Gasteiger partial charge < -0.3 is 10.1 Å². The molecule has 0 spiro atoms. The molecule has 160 valence electrons. The van der Waals surface area contributed by atoms with E-state index in [9.17, 15) is 9.59 Å². The average molecular weight is 418 g/mol. The molecule has 4 rings (SSSR count). The number of aromatic nitrogens is 2. The molecule has 0 bridgehead atoms. The molecule has 6 heteroatoms. The molecular weight excluding hydrogens is 390 g/mol. The predicted molar refractivity (Wildman–Crippen MR) is 119 cm³/mol. The van der Waals surface area contributed by atoms with E-state index < -0.39 is 5.97 Å². The van der Waals surface area contributed by atoms with E-state index in [2.05, 4.69) is 29.1 Å². The van der Waals surface area contributed by atoms with Crippen LogP contribution in [0.5, 0.6) is 0 Å². The molecule has 0 aliphatic heterocycles. The topological polar surface area (TPSA) is 81.2 Å². The van der Waals surface area contributed by atoms with Gasteiger partial charge in [0, 0.05) is 29.4 Å². The first kappa shape index (κ1) is 21.0. The third-order valence-corrected chi connectivity index (χ3v) is 6.28. The van der Waals surface area contributed by atoms with Gasteiger partial charge in [0.2, 0.25) is 0 Å². The minimum absolute atomic E-state index is 0.133. The highest BCUT2D eigenvalue weighted by Crippen LogP contribution is 2.29. The van der Waals surface area contributed by atoms with E-state index in [1.54, 1.807) is 18.5 Å². The Labute approximate surface area is 182 Å². The first-order valence-electron chi connectivity index (χ1n) is 10.8. The van der Waals surface area contributed by atoms with Gasteiger partial charge in [-0.05, 0) is 42.5 Å². The van der Waals surface area contributed by atoms with E-state index in [0.717, 1.165) is 18.4 Å². The van der Waals surface area contributed by atoms with Crippen LogP contribution in [0.4, 0.5) is 0 Å². The van der Waals surface area contributed by atoms with Gasteiger partial charge in [0.05, 0.1) is 16.8 Å². The van der Waals surface area contributed by atoms with Crippen molar-refractivity contribution >= 4 is 22.8 Å². The molecular formula is C25H27N3O3. The number of rotatable bonds is 5. The van der Waals surface area contributed by atoms with E-state index in [1.807, 2.05) is 36.4 Å². The Morgan fingerprint density at radius 1 is 1.13 bits per heavy atom. The van der Waals surface area contributed by atoms with Crippen LogP contribution in [-0.2, 0) is 9.53 Å². The van der Waals surface area contributed by atoms with E-state index in [4.69, 9.17) is 4.74 Å². The summed E-state index contributed by atoms with van der Waals surface area (Å²) >= 11 is 0. The summed E-state index contributed by atoms with van der Waals surface area (Å²) in [6.07, 6.45) is 6.65. The molecule has 0 radical (unpaired) electrons. The predicted octanol–water partition coefficient (Wildman–Crippen LogP) is 4.39. The zero-order valence-electron chi connectivity index (χ0n) is 17.9. The quantitative estimate of drug-likeness (QED) is 0.623. The lowest BCUT2D eigenvalue weighted by atomic mass is 9.78. The van der Waals surface area contributed by atoms with Crippen LogP contribution >= 0.6 is 0 Å². The lowest BCUT2D eigenvalue weighted by Crippen LogP contribution is -2.45. The van der Waals surface area contributed by atoms with Crippen LogP contribution in [0.15, 0.2) is 54.9 Å². The third kappa shape index (κ3) is 4.74. The molecule has 1 aromatic carbocycles. The number of amides is 1. The van der Waals surface area contributed by atoms with Crippen molar-refractivity contribution in [2.45, 2.75) is 39.2 Å². The Bertz CT molecular complexity index is 1080. The maximum atomic E-state index is 12.9. The van der Waals surface area contributed by atoms with Gasteiger partial charge in [0.15, 0.2) is 6.61 Å². The molecule has 2 heterocycles. The molecule has 1 fully saturated rings. The highest BCUT2D eigenvalue weighted by atomic mass is 16.5. The van der Waals surface area contributed by atoms with Gasteiger partial charge in [-0.15, -0.1) is 0 Å². The van der Waals surface area contributed by atoms with Crippen LogP contribution < -0.4 is 5.32 Å². The average Bonchev–Trinajstić information content (AvgIpc) is 2.80. The molecule has 1 aliphatic carbocycles. The number of hydrogen-bond donors (Lipinski definition) is 1. The van der Waals surface area contributed by atoms with E-state index in [0.29, 0.717) is 34.0 Å². The van der Waals surface area contributed by atoms with Gasteiger partial charge in [0.1, 0.15) is 0 Å². The molecule has 3 unspecified atom stereocenters. The van der Waals surface area contributed by atoms with Gasteiger partial charge in [-0.1, -0.05) is 44.9 Å². The molecule has 0 saturated heterocycles. The van der Waals surface area contributed by atoms with Crippen molar-refractivity contribution < 1.29 is 14.3 Å². The second-order valence-corrected chi connectivity index (χ2v) is 8.33. The highest BCUT2D eigenvalue weighted by Gasteiger charge is 2.28. The summed E-state index contributed by atoms with van der Waals surface area (Å²) in [4.78, 5) is 34.1. The van der Waals surface area contributed by atoms with Crippen LogP contribution in [-0.4, -0.2) is 34.5 Å². The minimum Gasteiger partial charge on any atom is -0.452 e.